The van der Waals surface area contributed by atoms with E-state index in [4.69, 9.17) is 10.5 Å². The van der Waals surface area contributed by atoms with E-state index in [9.17, 15) is 4.79 Å². The highest BCUT2D eigenvalue weighted by molar-refractivity contribution is 9.10. The Morgan fingerprint density at radius 1 is 1.53 bits per heavy atom. The molecule has 1 amide bonds. The first-order chi connectivity index (χ1) is 9.19. The summed E-state index contributed by atoms with van der Waals surface area (Å²) in [6.45, 7) is 2.53. The van der Waals surface area contributed by atoms with Crippen molar-refractivity contribution >= 4 is 21.8 Å². The first kappa shape index (κ1) is 14.5. The van der Waals surface area contributed by atoms with E-state index in [0.717, 1.165) is 16.5 Å². The van der Waals surface area contributed by atoms with E-state index in [0.29, 0.717) is 32.7 Å². The van der Waals surface area contributed by atoms with Gasteiger partial charge in [0.05, 0.1) is 19.1 Å². The Hall–Kier alpha value is -0.910. The molecule has 1 fully saturated rings. The van der Waals surface area contributed by atoms with Gasteiger partial charge in [-0.3, -0.25) is 4.79 Å². The maximum absolute atomic E-state index is 12.3. The highest BCUT2D eigenvalue weighted by Gasteiger charge is 2.23. The zero-order chi connectivity index (χ0) is 13.7. The molecule has 1 unspecified atom stereocenters. The zero-order valence-corrected chi connectivity index (χ0v) is 12.4. The molecular formula is C14H19BrN2O2. The lowest BCUT2D eigenvalue weighted by atomic mass is 10.1. The molecule has 1 saturated heterocycles. The van der Waals surface area contributed by atoms with Crippen LogP contribution in [0, 0.1) is 0 Å². The van der Waals surface area contributed by atoms with Crippen LogP contribution in [0.1, 0.15) is 12.0 Å². The van der Waals surface area contributed by atoms with E-state index in [-0.39, 0.29) is 12.0 Å². The molecule has 1 aliphatic heterocycles. The molecule has 2 N–H and O–H groups in total. The summed E-state index contributed by atoms with van der Waals surface area (Å²) < 4.78 is 6.59. The van der Waals surface area contributed by atoms with Gasteiger partial charge >= 0.3 is 0 Å². The normalized spacial score (nSPS) is 19.5. The molecular weight excluding hydrogens is 308 g/mol. The number of morpholine rings is 1. The summed E-state index contributed by atoms with van der Waals surface area (Å²) in [6, 6.07) is 7.86. The summed E-state index contributed by atoms with van der Waals surface area (Å²) in [5.41, 5.74) is 6.56. The van der Waals surface area contributed by atoms with Crippen molar-refractivity contribution in [3.05, 3.63) is 34.3 Å². The van der Waals surface area contributed by atoms with Gasteiger partial charge in [0.1, 0.15) is 0 Å². The van der Waals surface area contributed by atoms with Gasteiger partial charge in [-0.1, -0.05) is 28.1 Å². The van der Waals surface area contributed by atoms with Gasteiger partial charge in [-0.2, -0.15) is 0 Å². The Balaban J connectivity index is 1.92. The smallest absolute Gasteiger partial charge is 0.227 e. The van der Waals surface area contributed by atoms with Crippen LogP contribution in [0.2, 0.25) is 0 Å². The van der Waals surface area contributed by atoms with Crippen LogP contribution in [0.4, 0.5) is 0 Å². The molecule has 1 aromatic carbocycles. The predicted octanol–water partition coefficient (Wildman–Crippen LogP) is 1.57. The number of carbonyl (C=O) groups excluding carboxylic acids is 1. The van der Waals surface area contributed by atoms with Crippen molar-refractivity contribution in [3.8, 4) is 0 Å². The van der Waals surface area contributed by atoms with Crippen LogP contribution in [-0.2, 0) is 16.0 Å². The lowest BCUT2D eigenvalue weighted by Crippen LogP contribution is -2.46. The summed E-state index contributed by atoms with van der Waals surface area (Å²) in [4.78, 5) is 14.1. The number of hydrogen-bond acceptors (Lipinski definition) is 3. The van der Waals surface area contributed by atoms with Crippen molar-refractivity contribution in [1.82, 2.24) is 4.90 Å². The molecule has 2 rings (SSSR count). The summed E-state index contributed by atoms with van der Waals surface area (Å²) in [6.07, 6.45) is 1.33. The molecule has 4 nitrogen and oxygen atoms in total. The monoisotopic (exact) mass is 326 g/mol. The van der Waals surface area contributed by atoms with Crippen molar-refractivity contribution in [2.24, 2.45) is 5.73 Å². The third-order valence-corrected chi connectivity index (χ3v) is 3.72. The fourth-order valence-corrected chi connectivity index (χ4v) is 2.69. The van der Waals surface area contributed by atoms with Crippen molar-refractivity contribution in [1.29, 1.82) is 0 Å². The van der Waals surface area contributed by atoms with E-state index in [1.807, 2.05) is 29.2 Å². The maximum Gasteiger partial charge on any atom is 0.227 e. The van der Waals surface area contributed by atoms with Crippen LogP contribution in [0.25, 0.3) is 0 Å². The van der Waals surface area contributed by atoms with Gasteiger partial charge in [-0.15, -0.1) is 0 Å². The summed E-state index contributed by atoms with van der Waals surface area (Å²) in [5, 5.41) is 0. The molecule has 0 aromatic heterocycles. The number of benzene rings is 1. The molecule has 0 bridgehead atoms. The number of halogens is 1. The minimum absolute atomic E-state index is 0.0882. The topological polar surface area (TPSA) is 55.6 Å². The Labute approximate surface area is 122 Å². The maximum atomic E-state index is 12.3. The highest BCUT2D eigenvalue weighted by atomic mass is 79.9. The van der Waals surface area contributed by atoms with Crippen LogP contribution in [0.15, 0.2) is 28.7 Å². The second-order valence-corrected chi connectivity index (χ2v) is 5.63. The van der Waals surface area contributed by atoms with Crippen LogP contribution in [0.3, 0.4) is 0 Å². The predicted molar refractivity (Wildman–Crippen MR) is 77.8 cm³/mol. The van der Waals surface area contributed by atoms with Crippen molar-refractivity contribution in [2.45, 2.75) is 18.9 Å². The van der Waals surface area contributed by atoms with E-state index < -0.39 is 0 Å². The van der Waals surface area contributed by atoms with Crippen molar-refractivity contribution < 1.29 is 9.53 Å². The Morgan fingerprint density at radius 2 is 2.37 bits per heavy atom. The number of carbonyl (C=O) groups is 1. The number of nitrogens with zero attached hydrogens (tertiary/aromatic N) is 1. The molecule has 0 saturated carbocycles. The van der Waals surface area contributed by atoms with Crippen LogP contribution < -0.4 is 5.73 Å². The molecule has 1 aliphatic rings. The van der Waals surface area contributed by atoms with Gasteiger partial charge in [-0.05, 0) is 30.7 Å². The molecule has 0 spiro atoms. The first-order valence-corrected chi connectivity index (χ1v) is 7.32. The molecule has 1 aromatic rings. The minimum Gasteiger partial charge on any atom is -0.374 e. The fraction of sp³-hybridized carbons (Fsp3) is 0.500. The van der Waals surface area contributed by atoms with Gasteiger partial charge in [-0.25, -0.2) is 0 Å². The number of amides is 1. The van der Waals surface area contributed by atoms with Crippen LogP contribution >= 0.6 is 15.9 Å². The third-order valence-electron chi connectivity index (χ3n) is 3.22. The zero-order valence-electron chi connectivity index (χ0n) is 10.8. The molecule has 0 aliphatic carbocycles. The number of ether oxygens (including phenoxy) is 1. The fourth-order valence-electron chi connectivity index (χ4n) is 2.24. The largest absolute Gasteiger partial charge is 0.374 e. The number of hydrogen-bond donors (Lipinski definition) is 1. The molecule has 0 radical (unpaired) electrons. The van der Waals surface area contributed by atoms with Crippen LogP contribution in [-0.4, -0.2) is 43.2 Å². The van der Waals surface area contributed by atoms with Crippen molar-refractivity contribution in [2.75, 3.05) is 26.2 Å². The standard InChI is InChI=1S/C14H19BrN2O2/c15-12-3-1-2-11(8-12)9-14(18)17-6-7-19-13(10-17)4-5-16/h1-3,8,13H,4-7,9-10,16H2. The molecule has 5 heteroatoms. The average Bonchev–Trinajstić information content (AvgIpc) is 2.39. The summed E-state index contributed by atoms with van der Waals surface area (Å²) in [7, 11) is 0. The molecule has 1 heterocycles. The van der Waals surface area contributed by atoms with Gasteiger partial charge in [0, 0.05) is 17.6 Å². The SMILES string of the molecule is NCCC1CN(C(=O)Cc2cccc(Br)c2)CCO1. The number of nitrogens with two attached hydrogens (primary N) is 1. The van der Waals surface area contributed by atoms with E-state index >= 15 is 0 Å². The van der Waals surface area contributed by atoms with Gasteiger partial charge in [0.15, 0.2) is 0 Å². The van der Waals surface area contributed by atoms with Gasteiger partial charge < -0.3 is 15.4 Å². The van der Waals surface area contributed by atoms with E-state index in [2.05, 4.69) is 15.9 Å². The molecule has 1 atom stereocenters. The van der Waals surface area contributed by atoms with Crippen LogP contribution in [0.5, 0.6) is 0 Å². The molecule has 19 heavy (non-hydrogen) atoms. The lowest BCUT2D eigenvalue weighted by Gasteiger charge is -2.33. The quantitative estimate of drug-likeness (QED) is 0.913. The van der Waals surface area contributed by atoms with E-state index in [1.54, 1.807) is 0 Å². The van der Waals surface area contributed by atoms with Crippen molar-refractivity contribution in [3.63, 3.8) is 0 Å². The van der Waals surface area contributed by atoms with E-state index in [1.165, 1.54) is 0 Å². The van der Waals surface area contributed by atoms with Gasteiger partial charge in [0.25, 0.3) is 0 Å². The first-order valence-electron chi connectivity index (χ1n) is 6.53. The minimum atomic E-state index is 0.0882. The van der Waals surface area contributed by atoms with Gasteiger partial charge in [0.2, 0.25) is 5.91 Å². The second kappa shape index (κ2) is 7.03. The third kappa shape index (κ3) is 4.30. The Kier molecular flexibility index (Phi) is 5.36. The molecule has 104 valence electrons. The summed E-state index contributed by atoms with van der Waals surface area (Å²) in [5.74, 6) is 0.156. The highest BCUT2D eigenvalue weighted by Crippen LogP contribution is 2.14. The number of rotatable bonds is 4. The lowest BCUT2D eigenvalue weighted by molar-refractivity contribution is -0.138. The second-order valence-electron chi connectivity index (χ2n) is 4.72. The average molecular weight is 327 g/mol. The Morgan fingerprint density at radius 3 is 3.11 bits per heavy atom. The Bertz CT molecular complexity index is 437. The summed E-state index contributed by atoms with van der Waals surface area (Å²) >= 11 is 3.42.